The smallest absolute Gasteiger partial charge is 0.200 e. The molecule has 0 radical (unpaired) electrons. The zero-order valence-corrected chi connectivity index (χ0v) is 17.2. The normalized spacial score (nSPS) is 39.3. The van der Waals surface area contributed by atoms with E-state index in [9.17, 15) is 0 Å². The van der Waals surface area contributed by atoms with E-state index in [4.69, 9.17) is 9.16 Å². The Balaban J connectivity index is 2.30. The van der Waals surface area contributed by atoms with Crippen molar-refractivity contribution < 1.29 is 9.16 Å². The average molecular weight is 327 g/mol. The van der Waals surface area contributed by atoms with Crippen LogP contribution in [0.3, 0.4) is 0 Å². The van der Waals surface area contributed by atoms with Crippen molar-refractivity contribution in [1.82, 2.24) is 0 Å². The molecule has 2 fully saturated rings. The monoisotopic (exact) mass is 326 g/mol. The van der Waals surface area contributed by atoms with Crippen molar-refractivity contribution in [2.45, 2.75) is 104 Å². The Bertz CT molecular complexity index is 358. The summed E-state index contributed by atoms with van der Waals surface area (Å²) in [6.07, 6.45) is 2.42. The van der Waals surface area contributed by atoms with Gasteiger partial charge >= 0.3 is 0 Å². The topological polar surface area (TPSA) is 18.5 Å². The SMILES string of the molecule is CC(C)[Si](O[C@H]1[C@@H](C)[C@@H]2O[C@@H](C[C@H]2C)[C@H]1C)(C(C)C)C(C)C. The molecule has 22 heavy (non-hydrogen) atoms. The van der Waals surface area contributed by atoms with Crippen molar-refractivity contribution in [3.8, 4) is 0 Å². The van der Waals surface area contributed by atoms with E-state index in [2.05, 4.69) is 62.3 Å². The van der Waals surface area contributed by atoms with Crippen LogP contribution < -0.4 is 0 Å². The van der Waals surface area contributed by atoms with E-state index in [1.807, 2.05) is 0 Å². The third kappa shape index (κ3) is 2.82. The van der Waals surface area contributed by atoms with Gasteiger partial charge in [0.1, 0.15) is 0 Å². The van der Waals surface area contributed by atoms with Crippen LogP contribution in [0, 0.1) is 17.8 Å². The van der Waals surface area contributed by atoms with Crippen molar-refractivity contribution in [1.29, 1.82) is 0 Å². The summed E-state index contributed by atoms with van der Waals surface area (Å²) in [5, 5.41) is 0. The maximum atomic E-state index is 7.18. The van der Waals surface area contributed by atoms with Crippen LogP contribution in [0.4, 0.5) is 0 Å². The lowest BCUT2D eigenvalue weighted by atomic mass is 9.86. The Morgan fingerprint density at radius 2 is 1.36 bits per heavy atom. The van der Waals surface area contributed by atoms with Crippen LogP contribution in [0.5, 0.6) is 0 Å². The van der Waals surface area contributed by atoms with E-state index < -0.39 is 8.32 Å². The molecule has 0 aromatic heterocycles. The second kappa shape index (κ2) is 6.56. The minimum Gasteiger partial charge on any atom is -0.412 e. The van der Waals surface area contributed by atoms with E-state index in [1.165, 1.54) is 6.42 Å². The first-order chi connectivity index (χ1) is 10.1. The van der Waals surface area contributed by atoms with Gasteiger partial charge in [-0.05, 0) is 29.0 Å². The molecule has 0 N–H and O–H groups in total. The summed E-state index contributed by atoms with van der Waals surface area (Å²) in [6, 6.07) is 0. The van der Waals surface area contributed by atoms with Gasteiger partial charge in [0.15, 0.2) is 0 Å². The van der Waals surface area contributed by atoms with Gasteiger partial charge in [0.2, 0.25) is 8.32 Å². The van der Waals surface area contributed by atoms with E-state index in [0.29, 0.717) is 52.7 Å². The van der Waals surface area contributed by atoms with Gasteiger partial charge in [-0.1, -0.05) is 62.3 Å². The van der Waals surface area contributed by atoms with Crippen LogP contribution in [0.15, 0.2) is 0 Å². The summed E-state index contributed by atoms with van der Waals surface area (Å²) in [6.45, 7) is 21.4. The first kappa shape index (κ1) is 18.5. The lowest BCUT2D eigenvalue weighted by molar-refractivity contribution is -0.127. The van der Waals surface area contributed by atoms with E-state index >= 15 is 0 Å². The molecule has 0 amide bonds. The first-order valence-corrected chi connectivity index (χ1v) is 11.6. The highest BCUT2D eigenvalue weighted by molar-refractivity contribution is 6.77. The fraction of sp³-hybridized carbons (Fsp3) is 1.00. The van der Waals surface area contributed by atoms with Crippen LogP contribution >= 0.6 is 0 Å². The molecular weight excluding hydrogens is 288 g/mol. The molecule has 0 aromatic carbocycles. The summed E-state index contributed by atoms with van der Waals surface area (Å²) in [7, 11) is -1.81. The second-order valence-electron chi connectivity index (χ2n) is 8.97. The fourth-order valence-corrected chi connectivity index (χ4v) is 11.3. The number of hydrogen-bond donors (Lipinski definition) is 0. The van der Waals surface area contributed by atoms with Crippen molar-refractivity contribution in [3.63, 3.8) is 0 Å². The van der Waals surface area contributed by atoms with Gasteiger partial charge in [0, 0.05) is 11.8 Å². The molecule has 3 heteroatoms. The number of rotatable bonds is 5. The Hall–Kier alpha value is 0.137. The summed E-state index contributed by atoms with van der Waals surface area (Å²) < 4.78 is 13.5. The van der Waals surface area contributed by atoms with Gasteiger partial charge in [0.05, 0.1) is 18.3 Å². The Morgan fingerprint density at radius 1 is 0.864 bits per heavy atom. The predicted molar refractivity (Wildman–Crippen MR) is 96.7 cm³/mol. The minimum atomic E-state index is -1.81. The third-order valence-electron chi connectivity index (χ3n) is 6.69. The third-order valence-corrected chi connectivity index (χ3v) is 12.8. The van der Waals surface area contributed by atoms with Gasteiger partial charge in [-0.2, -0.15) is 0 Å². The zero-order chi connectivity index (χ0) is 16.8. The molecule has 2 aliphatic heterocycles. The van der Waals surface area contributed by atoms with Crippen molar-refractivity contribution >= 4 is 8.32 Å². The van der Waals surface area contributed by atoms with Gasteiger partial charge in [-0.25, -0.2) is 0 Å². The van der Waals surface area contributed by atoms with Crippen molar-refractivity contribution in [3.05, 3.63) is 0 Å². The molecule has 130 valence electrons. The largest absolute Gasteiger partial charge is 0.412 e. The van der Waals surface area contributed by atoms with Crippen LogP contribution in [0.1, 0.15) is 68.7 Å². The van der Waals surface area contributed by atoms with Crippen LogP contribution in [-0.2, 0) is 9.16 Å². The maximum absolute atomic E-state index is 7.18. The Labute approximate surface area is 139 Å². The van der Waals surface area contributed by atoms with Gasteiger partial charge < -0.3 is 9.16 Å². The molecule has 2 saturated heterocycles. The van der Waals surface area contributed by atoms with Crippen LogP contribution in [0.25, 0.3) is 0 Å². The quantitative estimate of drug-likeness (QED) is 0.610. The van der Waals surface area contributed by atoms with E-state index in [1.54, 1.807) is 0 Å². The summed E-state index contributed by atoms with van der Waals surface area (Å²) in [5.74, 6) is 1.73. The highest BCUT2D eigenvalue weighted by Gasteiger charge is 2.54. The molecule has 0 aromatic rings. The molecule has 2 rings (SSSR count). The summed E-state index contributed by atoms with van der Waals surface area (Å²) >= 11 is 0. The first-order valence-electron chi connectivity index (χ1n) is 9.46. The predicted octanol–water partition coefficient (Wildman–Crippen LogP) is 5.63. The number of hydrogen-bond acceptors (Lipinski definition) is 2. The summed E-state index contributed by atoms with van der Waals surface area (Å²) in [4.78, 5) is 0. The van der Waals surface area contributed by atoms with E-state index in [-0.39, 0.29) is 0 Å². The molecule has 6 atom stereocenters. The van der Waals surface area contributed by atoms with Gasteiger partial charge in [0.25, 0.3) is 0 Å². The molecule has 2 aliphatic rings. The van der Waals surface area contributed by atoms with E-state index in [0.717, 1.165) is 0 Å². The summed E-state index contributed by atoms with van der Waals surface area (Å²) in [5.41, 5.74) is 1.97. The zero-order valence-electron chi connectivity index (χ0n) is 16.2. The molecule has 2 nitrogen and oxygen atoms in total. The molecular formula is C19H38O2Si. The highest BCUT2D eigenvalue weighted by atomic mass is 28.4. The molecule has 0 spiro atoms. The lowest BCUT2D eigenvalue weighted by Gasteiger charge is -2.50. The highest BCUT2D eigenvalue weighted by Crippen LogP contribution is 2.49. The minimum absolute atomic E-state index is 0.382. The van der Waals surface area contributed by atoms with Crippen molar-refractivity contribution in [2.24, 2.45) is 17.8 Å². The van der Waals surface area contributed by atoms with Gasteiger partial charge in [-0.3, -0.25) is 0 Å². The Morgan fingerprint density at radius 3 is 1.82 bits per heavy atom. The molecule has 2 heterocycles. The lowest BCUT2D eigenvalue weighted by Crippen LogP contribution is -2.56. The number of ether oxygens (including phenoxy) is 1. The fourth-order valence-electron chi connectivity index (χ4n) is 5.61. The standard InChI is InChI=1S/C19H38O2Si/c1-11(2)22(12(3)4,13(5)6)21-19-15(8)17-10-14(7)18(20-17)16(19)9/h11-19H,10H2,1-9H3/t14-,15-,16+,17+,18-,19-/m1/s1. The maximum Gasteiger partial charge on any atom is 0.200 e. The average Bonchev–Trinajstić information content (AvgIpc) is 2.75. The Kier molecular flexibility index (Phi) is 5.51. The van der Waals surface area contributed by atoms with Crippen molar-refractivity contribution in [2.75, 3.05) is 0 Å². The molecule has 0 unspecified atom stereocenters. The van der Waals surface area contributed by atoms with Crippen LogP contribution in [-0.4, -0.2) is 26.6 Å². The second-order valence-corrected chi connectivity index (χ2v) is 14.4. The van der Waals surface area contributed by atoms with Gasteiger partial charge in [-0.15, -0.1) is 0 Å². The molecule has 2 bridgehead atoms. The van der Waals surface area contributed by atoms with Crippen LogP contribution in [0.2, 0.25) is 16.6 Å². The molecule has 0 aliphatic carbocycles. The number of fused-ring (bicyclic) bond motifs is 2. The molecule has 0 saturated carbocycles.